The van der Waals surface area contributed by atoms with Gasteiger partial charge in [-0.15, -0.1) is 0 Å². The zero-order valence-corrected chi connectivity index (χ0v) is 9.31. The summed E-state index contributed by atoms with van der Waals surface area (Å²) in [5.74, 6) is -0.0220. The van der Waals surface area contributed by atoms with Gasteiger partial charge >= 0.3 is 0 Å². The van der Waals surface area contributed by atoms with Crippen molar-refractivity contribution < 1.29 is 9.53 Å². The molecule has 3 nitrogen and oxygen atoms in total. The third-order valence-electron chi connectivity index (χ3n) is 2.24. The molecule has 0 fully saturated rings. The number of carbonyl (C=O) groups excluding carboxylic acids is 1. The van der Waals surface area contributed by atoms with Crippen LogP contribution >= 0.6 is 0 Å². The van der Waals surface area contributed by atoms with Crippen molar-refractivity contribution in [3.63, 3.8) is 0 Å². The summed E-state index contributed by atoms with van der Waals surface area (Å²) >= 11 is 0. The molecule has 0 radical (unpaired) electrons. The van der Waals surface area contributed by atoms with Gasteiger partial charge in [-0.3, -0.25) is 4.79 Å². The highest BCUT2D eigenvalue weighted by molar-refractivity contribution is 5.84. The maximum Gasteiger partial charge on any atom is 0.251 e. The molecule has 1 amide bonds. The smallest absolute Gasteiger partial charge is 0.251 e. The van der Waals surface area contributed by atoms with E-state index in [0.29, 0.717) is 12.8 Å². The SMILES string of the molecule is CCC(CC)(OC(C)C)C(=O)NC. The normalized spacial score (nSPS) is 11.8. The van der Waals surface area contributed by atoms with Gasteiger partial charge in [0, 0.05) is 7.05 Å². The minimum Gasteiger partial charge on any atom is -0.363 e. The summed E-state index contributed by atoms with van der Waals surface area (Å²) < 4.78 is 5.68. The zero-order valence-electron chi connectivity index (χ0n) is 9.31. The van der Waals surface area contributed by atoms with Crippen molar-refractivity contribution in [2.45, 2.75) is 52.2 Å². The topological polar surface area (TPSA) is 38.3 Å². The van der Waals surface area contributed by atoms with Gasteiger partial charge in [-0.1, -0.05) is 13.8 Å². The van der Waals surface area contributed by atoms with Gasteiger partial charge in [-0.2, -0.15) is 0 Å². The van der Waals surface area contributed by atoms with Crippen molar-refractivity contribution >= 4 is 5.91 Å². The van der Waals surface area contributed by atoms with Crippen LogP contribution in [0.2, 0.25) is 0 Å². The third-order valence-corrected chi connectivity index (χ3v) is 2.24. The number of hydrogen-bond donors (Lipinski definition) is 1. The highest BCUT2D eigenvalue weighted by Gasteiger charge is 2.35. The first kappa shape index (κ1) is 12.4. The lowest BCUT2D eigenvalue weighted by Crippen LogP contribution is -2.48. The summed E-state index contributed by atoms with van der Waals surface area (Å²) in [6.45, 7) is 7.84. The van der Waals surface area contributed by atoms with E-state index in [4.69, 9.17) is 4.74 Å². The second kappa shape index (κ2) is 5.22. The van der Waals surface area contributed by atoms with E-state index < -0.39 is 5.60 Å². The fourth-order valence-electron chi connectivity index (χ4n) is 1.47. The molecule has 0 aliphatic carbocycles. The first-order chi connectivity index (χ1) is 6.02. The summed E-state index contributed by atoms with van der Waals surface area (Å²) in [4.78, 5) is 11.6. The average Bonchev–Trinajstić information content (AvgIpc) is 2.12. The van der Waals surface area contributed by atoms with Crippen LogP contribution < -0.4 is 5.32 Å². The number of ether oxygens (including phenoxy) is 1. The summed E-state index contributed by atoms with van der Waals surface area (Å²) in [5, 5.41) is 2.65. The molecule has 0 rings (SSSR count). The molecule has 3 heteroatoms. The van der Waals surface area contributed by atoms with Crippen molar-refractivity contribution in [1.29, 1.82) is 0 Å². The summed E-state index contributed by atoms with van der Waals surface area (Å²) in [7, 11) is 1.64. The number of likely N-dealkylation sites (N-methyl/N-ethyl adjacent to an activating group) is 1. The number of amides is 1. The molecule has 0 saturated heterocycles. The Bertz CT molecular complexity index is 162. The largest absolute Gasteiger partial charge is 0.363 e. The Labute approximate surface area is 80.8 Å². The minimum absolute atomic E-state index is 0.0220. The lowest BCUT2D eigenvalue weighted by atomic mass is 9.95. The fourth-order valence-corrected chi connectivity index (χ4v) is 1.47. The highest BCUT2D eigenvalue weighted by atomic mass is 16.5. The van der Waals surface area contributed by atoms with E-state index in [9.17, 15) is 4.79 Å². The molecule has 0 aliphatic rings. The van der Waals surface area contributed by atoms with E-state index in [1.807, 2.05) is 27.7 Å². The first-order valence-electron chi connectivity index (χ1n) is 4.92. The molecule has 0 spiro atoms. The Balaban J connectivity index is 4.58. The second-order valence-electron chi connectivity index (χ2n) is 3.45. The van der Waals surface area contributed by atoms with Crippen LogP contribution in [-0.4, -0.2) is 24.7 Å². The van der Waals surface area contributed by atoms with Gasteiger partial charge in [0.2, 0.25) is 0 Å². The molecule has 0 heterocycles. The Kier molecular flexibility index (Phi) is 4.99. The number of nitrogens with one attached hydrogen (secondary N) is 1. The molecule has 0 aromatic carbocycles. The molecular formula is C10H21NO2. The second-order valence-corrected chi connectivity index (χ2v) is 3.45. The van der Waals surface area contributed by atoms with E-state index in [2.05, 4.69) is 5.32 Å². The van der Waals surface area contributed by atoms with E-state index in [0.717, 1.165) is 0 Å². The van der Waals surface area contributed by atoms with E-state index in [1.54, 1.807) is 7.05 Å². The molecule has 0 bridgehead atoms. The fraction of sp³-hybridized carbons (Fsp3) is 0.900. The minimum atomic E-state index is -0.636. The van der Waals surface area contributed by atoms with E-state index in [1.165, 1.54) is 0 Å². The molecule has 0 aliphatic heterocycles. The molecule has 0 aromatic rings. The van der Waals surface area contributed by atoms with Crippen molar-refractivity contribution in [2.24, 2.45) is 0 Å². The zero-order chi connectivity index (χ0) is 10.5. The predicted octanol–water partition coefficient (Wildman–Crippen LogP) is 1.72. The van der Waals surface area contributed by atoms with Gasteiger partial charge in [0.15, 0.2) is 0 Å². The molecule has 78 valence electrons. The Morgan fingerprint density at radius 2 is 1.85 bits per heavy atom. The van der Waals surface area contributed by atoms with Gasteiger partial charge in [0.1, 0.15) is 5.60 Å². The van der Waals surface area contributed by atoms with E-state index in [-0.39, 0.29) is 12.0 Å². The van der Waals surface area contributed by atoms with Crippen LogP contribution in [0.5, 0.6) is 0 Å². The van der Waals surface area contributed by atoms with Crippen LogP contribution in [0.15, 0.2) is 0 Å². The monoisotopic (exact) mass is 187 g/mol. The van der Waals surface area contributed by atoms with Crippen molar-refractivity contribution in [1.82, 2.24) is 5.32 Å². The van der Waals surface area contributed by atoms with Crippen molar-refractivity contribution in [2.75, 3.05) is 7.05 Å². The van der Waals surface area contributed by atoms with Crippen LogP contribution in [-0.2, 0) is 9.53 Å². The number of carbonyl (C=O) groups is 1. The van der Waals surface area contributed by atoms with Gasteiger partial charge in [0.05, 0.1) is 6.10 Å². The lowest BCUT2D eigenvalue weighted by Gasteiger charge is -2.31. The maximum absolute atomic E-state index is 11.6. The lowest BCUT2D eigenvalue weighted by molar-refractivity contribution is -0.154. The molecule has 1 N–H and O–H groups in total. The van der Waals surface area contributed by atoms with Crippen molar-refractivity contribution in [3.05, 3.63) is 0 Å². The predicted molar refractivity (Wildman–Crippen MR) is 53.6 cm³/mol. The maximum atomic E-state index is 11.6. The third kappa shape index (κ3) is 2.99. The van der Waals surface area contributed by atoms with Gasteiger partial charge in [0.25, 0.3) is 5.91 Å². The number of rotatable bonds is 5. The van der Waals surface area contributed by atoms with Crippen LogP contribution in [0.25, 0.3) is 0 Å². The van der Waals surface area contributed by atoms with Gasteiger partial charge in [-0.25, -0.2) is 0 Å². The Morgan fingerprint density at radius 3 is 2.08 bits per heavy atom. The highest BCUT2D eigenvalue weighted by Crippen LogP contribution is 2.22. The molecule has 0 aromatic heterocycles. The number of hydrogen-bond acceptors (Lipinski definition) is 2. The van der Waals surface area contributed by atoms with Gasteiger partial charge in [-0.05, 0) is 26.7 Å². The quantitative estimate of drug-likeness (QED) is 0.711. The van der Waals surface area contributed by atoms with Crippen LogP contribution in [0.1, 0.15) is 40.5 Å². The van der Waals surface area contributed by atoms with Gasteiger partial charge < -0.3 is 10.1 Å². The first-order valence-corrected chi connectivity index (χ1v) is 4.92. The van der Waals surface area contributed by atoms with Crippen LogP contribution in [0.3, 0.4) is 0 Å². The Morgan fingerprint density at radius 1 is 1.38 bits per heavy atom. The molecule has 0 atom stereocenters. The average molecular weight is 187 g/mol. The molecule has 13 heavy (non-hydrogen) atoms. The summed E-state index contributed by atoms with van der Waals surface area (Å²) in [6.07, 6.45) is 1.50. The molecular weight excluding hydrogens is 166 g/mol. The van der Waals surface area contributed by atoms with Crippen LogP contribution in [0.4, 0.5) is 0 Å². The Hall–Kier alpha value is -0.570. The van der Waals surface area contributed by atoms with Crippen LogP contribution in [0, 0.1) is 0 Å². The molecule has 0 saturated carbocycles. The molecule has 0 unspecified atom stereocenters. The summed E-state index contributed by atoms with van der Waals surface area (Å²) in [5.41, 5.74) is -0.636. The summed E-state index contributed by atoms with van der Waals surface area (Å²) in [6, 6.07) is 0. The van der Waals surface area contributed by atoms with E-state index >= 15 is 0 Å². The van der Waals surface area contributed by atoms with Crippen molar-refractivity contribution in [3.8, 4) is 0 Å². The standard InChI is InChI=1S/C10H21NO2/c1-6-10(7-2,9(12)11-5)13-8(3)4/h8H,6-7H2,1-5H3,(H,11,12).